The molecule has 0 fully saturated rings. The van der Waals surface area contributed by atoms with E-state index in [0.29, 0.717) is 18.5 Å². The summed E-state index contributed by atoms with van der Waals surface area (Å²) in [5.74, 6) is 0.0977. The van der Waals surface area contributed by atoms with Gasteiger partial charge in [0.25, 0.3) is 0 Å². The maximum absolute atomic E-state index is 14.0. The van der Waals surface area contributed by atoms with Crippen molar-refractivity contribution in [2.75, 3.05) is 0 Å². The molecule has 0 spiro atoms. The average molecular weight is 463 g/mol. The van der Waals surface area contributed by atoms with Crippen LogP contribution in [0.1, 0.15) is 35.5 Å². The van der Waals surface area contributed by atoms with Crippen LogP contribution in [-0.2, 0) is 31.3 Å². The molecule has 0 radical (unpaired) electrons. The van der Waals surface area contributed by atoms with E-state index >= 15 is 0 Å². The first-order chi connectivity index (χ1) is 17.0. The minimum Gasteiger partial charge on any atom is -0.390 e. The largest absolute Gasteiger partial charge is 0.390 e. The van der Waals surface area contributed by atoms with Gasteiger partial charge in [-0.3, -0.25) is 14.5 Å². The number of allylic oxidation sites excluding steroid dienone is 2. The van der Waals surface area contributed by atoms with Crippen molar-refractivity contribution in [3.8, 4) is 0 Å². The van der Waals surface area contributed by atoms with Gasteiger partial charge in [0.2, 0.25) is 0 Å². The molecule has 3 aromatic heterocycles. The van der Waals surface area contributed by atoms with Gasteiger partial charge in [-0.05, 0) is 47.7 Å². The van der Waals surface area contributed by atoms with Crippen molar-refractivity contribution in [1.29, 1.82) is 0 Å². The van der Waals surface area contributed by atoms with Crippen molar-refractivity contribution >= 4 is 27.5 Å². The summed E-state index contributed by atoms with van der Waals surface area (Å²) < 4.78 is 4.03. The Morgan fingerprint density at radius 1 is 1.11 bits per heavy atom. The summed E-state index contributed by atoms with van der Waals surface area (Å²) in [6, 6.07) is 18.0. The summed E-state index contributed by atoms with van der Waals surface area (Å²) >= 11 is 0. The number of carbonyl (C=O) groups excluding carboxylic acids is 1. The van der Waals surface area contributed by atoms with Crippen LogP contribution in [0.2, 0.25) is 0 Å². The number of ketones is 1. The Morgan fingerprint density at radius 2 is 2.00 bits per heavy atom. The van der Waals surface area contributed by atoms with E-state index in [4.69, 9.17) is 5.10 Å². The Bertz CT molecular complexity index is 1640. The zero-order valence-electron chi connectivity index (χ0n) is 19.8. The first kappa shape index (κ1) is 21.5. The Kier molecular flexibility index (Phi) is 5.11. The van der Waals surface area contributed by atoms with Crippen molar-refractivity contribution < 1.29 is 9.90 Å². The van der Waals surface area contributed by atoms with Crippen LogP contribution in [0.3, 0.4) is 0 Å². The molecular formula is C29H26N4O2. The SMILES string of the molecule is CC1=C(C(=O)Cc2ccc3cnccc3c2)C(c2cccc3c2ccn3C)n2nc(CO)cc2C1. The van der Waals surface area contributed by atoms with Crippen LogP contribution in [0.4, 0.5) is 0 Å². The second-order valence-electron chi connectivity index (χ2n) is 9.37. The van der Waals surface area contributed by atoms with E-state index in [0.717, 1.165) is 49.6 Å². The van der Waals surface area contributed by atoms with Crippen LogP contribution in [0.25, 0.3) is 21.7 Å². The summed E-state index contributed by atoms with van der Waals surface area (Å²) in [7, 11) is 2.03. The molecule has 6 heteroatoms. The maximum Gasteiger partial charge on any atom is 0.165 e. The van der Waals surface area contributed by atoms with E-state index in [1.54, 1.807) is 6.20 Å². The summed E-state index contributed by atoms with van der Waals surface area (Å²) in [5, 5.41) is 17.7. The van der Waals surface area contributed by atoms with Crippen LogP contribution in [0, 0.1) is 0 Å². The van der Waals surface area contributed by atoms with E-state index in [1.165, 1.54) is 0 Å². The Morgan fingerprint density at radius 3 is 2.86 bits per heavy atom. The second-order valence-corrected chi connectivity index (χ2v) is 9.37. The van der Waals surface area contributed by atoms with E-state index < -0.39 is 0 Å². The first-order valence-electron chi connectivity index (χ1n) is 11.8. The molecule has 4 heterocycles. The maximum atomic E-state index is 14.0. The summed E-state index contributed by atoms with van der Waals surface area (Å²) in [6.07, 6.45) is 6.61. The lowest BCUT2D eigenvalue weighted by Gasteiger charge is -2.30. The van der Waals surface area contributed by atoms with E-state index in [9.17, 15) is 9.90 Å². The Labute approximate surface area is 203 Å². The summed E-state index contributed by atoms with van der Waals surface area (Å²) in [5.41, 5.74) is 6.61. The van der Waals surface area contributed by atoms with E-state index in [1.807, 2.05) is 61.4 Å². The van der Waals surface area contributed by atoms with Gasteiger partial charge in [-0.2, -0.15) is 5.10 Å². The molecule has 1 N–H and O–H groups in total. The zero-order chi connectivity index (χ0) is 24.1. The standard InChI is InChI=1S/C29H26N4O2/c1-18-12-23-15-22(17-34)31-33(23)29(25-4-3-5-26-24(25)9-11-32(26)2)28(18)27(35)14-19-6-7-21-16-30-10-8-20(21)13-19/h3-11,13,15-16,29,34H,12,14,17H2,1-2H3. The van der Waals surface area contributed by atoms with Crippen molar-refractivity contribution in [1.82, 2.24) is 19.3 Å². The van der Waals surface area contributed by atoms with Crippen molar-refractivity contribution in [3.63, 3.8) is 0 Å². The third kappa shape index (κ3) is 3.58. The van der Waals surface area contributed by atoms with Gasteiger partial charge in [0.05, 0.1) is 12.3 Å². The molecule has 0 aliphatic carbocycles. The number of hydrogen-bond acceptors (Lipinski definition) is 4. The average Bonchev–Trinajstić information content (AvgIpc) is 3.46. The van der Waals surface area contributed by atoms with Crippen LogP contribution < -0.4 is 0 Å². The monoisotopic (exact) mass is 462 g/mol. The van der Waals surface area contributed by atoms with Crippen molar-refractivity contribution in [2.24, 2.45) is 7.05 Å². The van der Waals surface area contributed by atoms with Gasteiger partial charge in [0.15, 0.2) is 5.78 Å². The lowest BCUT2D eigenvalue weighted by atomic mass is 9.84. The third-order valence-electron chi connectivity index (χ3n) is 7.08. The number of aliphatic hydroxyl groups excluding tert-OH is 1. The van der Waals surface area contributed by atoms with Crippen LogP contribution in [0.15, 0.2) is 84.3 Å². The molecule has 6 nitrogen and oxygen atoms in total. The molecule has 5 aromatic rings. The van der Waals surface area contributed by atoms with E-state index in [-0.39, 0.29) is 18.4 Å². The number of rotatable bonds is 5. The molecule has 35 heavy (non-hydrogen) atoms. The summed E-state index contributed by atoms with van der Waals surface area (Å²) in [6.45, 7) is 1.92. The van der Waals surface area contributed by atoms with Crippen LogP contribution in [-0.4, -0.2) is 30.2 Å². The number of nitrogens with zero attached hydrogens (tertiary/aromatic N) is 4. The highest BCUT2D eigenvalue weighted by Crippen LogP contribution is 2.39. The van der Waals surface area contributed by atoms with E-state index in [2.05, 4.69) is 33.8 Å². The van der Waals surface area contributed by atoms with Gasteiger partial charge in [-0.1, -0.05) is 35.9 Å². The molecule has 1 aliphatic heterocycles. The number of carbonyl (C=O) groups is 1. The van der Waals surface area contributed by atoms with Gasteiger partial charge in [-0.15, -0.1) is 0 Å². The quantitative estimate of drug-likeness (QED) is 0.411. The highest BCUT2D eigenvalue weighted by Gasteiger charge is 2.34. The van der Waals surface area contributed by atoms with Gasteiger partial charge >= 0.3 is 0 Å². The molecule has 1 atom stereocenters. The molecule has 0 saturated heterocycles. The fraction of sp³-hybridized carbons (Fsp3) is 0.207. The van der Waals surface area contributed by atoms with Gasteiger partial charge in [0, 0.05) is 66.0 Å². The highest BCUT2D eigenvalue weighted by atomic mass is 16.3. The lowest BCUT2D eigenvalue weighted by Crippen LogP contribution is -2.28. The Hall–Kier alpha value is -4.03. The molecule has 0 bridgehead atoms. The third-order valence-corrected chi connectivity index (χ3v) is 7.08. The highest BCUT2D eigenvalue weighted by molar-refractivity contribution is 6.00. The summed E-state index contributed by atoms with van der Waals surface area (Å²) in [4.78, 5) is 18.1. The number of Topliss-reactive ketones (excluding diaryl/α,β-unsaturated/α-hetero) is 1. The number of pyridine rings is 1. The van der Waals surface area contributed by atoms with Crippen LogP contribution >= 0.6 is 0 Å². The number of aliphatic hydroxyl groups is 1. The smallest absolute Gasteiger partial charge is 0.165 e. The molecule has 1 aliphatic rings. The van der Waals surface area contributed by atoms with Crippen molar-refractivity contribution in [2.45, 2.75) is 32.4 Å². The minimum atomic E-state index is -0.345. The first-order valence-corrected chi connectivity index (χ1v) is 11.8. The predicted molar refractivity (Wildman–Crippen MR) is 136 cm³/mol. The number of aromatic nitrogens is 4. The molecule has 6 rings (SSSR count). The molecule has 174 valence electrons. The zero-order valence-corrected chi connectivity index (χ0v) is 19.8. The number of hydrogen-bond donors (Lipinski definition) is 1. The normalized spacial score (nSPS) is 15.7. The topological polar surface area (TPSA) is 72.9 Å². The lowest BCUT2D eigenvalue weighted by molar-refractivity contribution is -0.115. The fourth-order valence-electron chi connectivity index (χ4n) is 5.41. The molecular weight excluding hydrogens is 436 g/mol. The number of aryl methyl sites for hydroxylation is 1. The minimum absolute atomic E-state index is 0.0977. The second kappa shape index (κ2) is 8.32. The predicted octanol–water partition coefficient (Wildman–Crippen LogP) is 4.69. The van der Waals surface area contributed by atoms with Gasteiger partial charge in [-0.25, -0.2) is 0 Å². The van der Waals surface area contributed by atoms with Crippen molar-refractivity contribution in [3.05, 3.63) is 107 Å². The molecule has 2 aromatic carbocycles. The van der Waals surface area contributed by atoms with Gasteiger partial charge < -0.3 is 9.67 Å². The Balaban J connectivity index is 1.47. The fourth-order valence-corrected chi connectivity index (χ4v) is 5.41. The molecule has 0 amide bonds. The number of fused-ring (bicyclic) bond motifs is 3. The molecule has 0 saturated carbocycles. The van der Waals surface area contributed by atoms with Gasteiger partial charge in [0.1, 0.15) is 6.04 Å². The number of benzene rings is 2. The molecule has 1 unspecified atom stereocenters. The van der Waals surface area contributed by atoms with Crippen LogP contribution in [0.5, 0.6) is 0 Å².